The van der Waals surface area contributed by atoms with Crippen molar-refractivity contribution in [2.75, 3.05) is 32.0 Å². The van der Waals surface area contributed by atoms with E-state index in [0.29, 0.717) is 0 Å². The molecule has 3 N–H and O–H groups in total. The molecule has 1 atom stereocenters. The molecule has 0 bridgehead atoms. The lowest BCUT2D eigenvalue weighted by Gasteiger charge is -2.22. The second-order valence-electron chi connectivity index (χ2n) is 9.50. The predicted octanol–water partition coefficient (Wildman–Crippen LogP) is 5.54. The fourth-order valence-electron chi connectivity index (χ4n) is 4.78. The van der Waals surface area contributed by atoms with Crippen molar-refractivity contribution in [2.45, 2.75) is 39.5 Å². The van der Waals surface area contributed by atoms with Gasteiger partial charge in [0.1, 0.15) is 28.5 Å². The van der Waals surface area contributed by atoms with Crippen molar-refractivity contribution in [1.82, 2.24) is 25.6 Å². The summed E-state index contributed by atoms with van der Waals surface area (Å²) in [4.78, 5) is 16.1. The van der Waals surface area contributed by atoms with Crippen LogP contribution in [0.3, 0.4) is 0 Å². The molecule has 8 heteroatoms. The van der Waals surface area contributed by atoms with E-state index >= 15 is 0 Å². The molecule has 3 heterocycles. The molecule has 0 aliphatic heterocycles. The number of aromatic nitrogens is 3. The van der Waals surface area contributed by atoms with Gasteiger partial charge in [-0.1, -0.05) is 0 Å². The van der Waals surface area contributed by atoms with E-state index in [4.69, 9.17) is 4.74 Å². The molecule has 0 radical (unpaired) electrons. The number of nitrogens with one attached hydrogen (secondary N) is 3. The van der Waals surface area contributed by atoms with Crippen LogP contribution in [0.25, 0.3) is 10.2 Å². The molecule has 36 heavy (non-hydrogen) atoms. The quantitative estimate of drug-likeness (QED) is 0.245. The number of benzene rings is 1. The van der Waals surface area contributed by atoms with Gasteiger partial charge in [-0.2, -0.15) is 0 Å². The first-order valence-electron chi connectivity index (χ1n) is 12.7. The second-order valence-corrected chi connectivity index (χ2v) is 10.6. The van der Waals surface area contributed by atoms with Crippen LogP contribution in [0.5, 0.6) is 11.5 Å². The third-order valence-corrected chi connectivity index (χ3v) is 7.94. The number of likely N-dealkylation sites (N-methyl/N-ethyl adjacent to an activating group) is 1. The van der Waals surface area contributed by atoms with E-state index in [2.05, 4.69) is 43.9 Å². The summed E-state index contributed by atoms with van der Waals surface area (Å²) >= 11 is 1.84. The Labute approximate surface area is 216 Å². The van der Waals surface area contributed by atoms with Crippen molar-refractivity contribution in [2.24, 2.45) is 5.92 Å². The maximum absolute atomic E-state index is 6.04. The Balaban J connectivity index is 1.29. The number of rotatable bonds is 10. The predicted molar refractivity (Wildman–Crippen MR) is 148 cm³/mol. The molecule has 1 aliphatic rings. The van der Waals surface area contributed by atoms with Crippen LogP contribution in [-0.4, -0.2) is 41.6 Å². The molecule has 1 unspecified atom stereocenters. The summed E-state index contributed by atoms with van der Waals surface area (Å²) in [6.45, 7) is 7.14. The molecule has 5 rings (SSSR count). The lowest BCUT2D eigenvalue weighted by atomic mass is 9.86. The molecule has 7 nitrogen and oxygen atoms in total. The van der Waals surface area contributed by atoms with Crippen LogP contribution < -0.4 is 20.7 Å². The van der Waals surface area contributed by atoms with Crippen molar-refractivity contribution < 1.29 is 4.74 Å². The Bertz CT molecular complexity index is 1320. The molecule has 1 aromatic carbocycles. The minimum Gasteiger partial charge on any atom is -0.455 e. The summed E-state index contributed by atoms with van der Waals surface area (Å²) < 4.78 is 6.04. The maximum Gasteiger partial charge on any atom is 0.145 e. The average Bonchev–Trinajstić information content (AvgIpc) is 3.25. The molecule has 188 valence electrons. The highest BCUT2D eigenvalue weighted by Crippen LogP contribution is 2.41. The van der Waals surface area contributed by atoms with Crippen molar-refractivity contribution in [1.29, 1.82) is 0 Å². The molecular formula is C28H34N6OS. The van der Waals surface area contributed by atoms with E-state index in [9.17, 15) is 0 Å². The number of aryl methyl sites for hydroxylation is 3. The number of thiophene rings is 1. The third kappa shape index (κ3) is 5.67. The summed E-state index contributed by atoms with van der Waals surface area (Å²) in [5.41, 5.74) is 4.44. The Kier molecular flexibility index (Phi) is 7.75. The third-order valence-electron chi connectivity index (χ3n) is 6.78. The number of pyridine rings is 1. The Morgan fingerprint density at radius 3 is 2.78 bits per heavy atom. The Morgan fingerprint density at radius 1 is 1.06 bits per heavy atom. The molecule has 0 spiro atoms. The Hall–Kier alpha value is -3.07. The first kappa shape index (κ1) is 24.6. The number of hydrogen-bond acceptors (Lipinski definition) is 8. The van der Waals surface area contributed by atoms with Crippen LogP contribution in [0, 0.1) is 19.8 Å². The smallest absolute Gasteiger partial charge is 0.145 e. The molecule has 0 amide bonds. The molecule has 0 saturated carbocycles. The van der Waals surface area contributed by atoms with Gasteiger partial charge in [0, 0.05) is 29.3 Å². The van der Waals surface area contributed by atoms with E-state index in [1.54, 1.807) is 12.5 Å². The topological polar surface area (TPSA) is 84.0 Å². The lowest BCUT2D eigenvalue weighted by molar-refractivity contribution is 0.419. The SMILES string of the molecule is CNCCNCCC1CCc2c(sc3ncnc(Nc4ccc(Oc5ccc(C)nc5)c(C)c4)c23)C1. The van der Waals surface area contributed by atoms with Crippen LogP contribution in [0.4, 0.5) is 11.5 Å². The van der Waals surface area contributed by atoms with Gasteiger partial charge in [0.15, 0.2) is 0 Å². The van der Waals surface area contributed by atoms with Crippen LogP contribution in [0.1, 0.15) is 34.5 Å². The maximum atomic E-state index is 6.04. The number of anilines is 2. The highest BCUT2D eigenvalue weighted by atomic mass is 32.1. The Morgan fingerprint density at radius 2 is 1.97 bits per heavy atom. The lowest BCUT2D eigenvalue weighted by Crippen LogP contribution is -2.27. The molecule has 1 aliphatic carbocycles. The zero-order valence-corrected chi connectivity index (χ0v) is 22.0. The van der Waals surface area contributed by atoms with Gasteiger partial charge in [0.25, 0.3) is 0 Å². The van der Waals surface area contributed by atoms with Gasteiger partial charge >= 0.3 is 0 Å². The van der Waals surface area contributed by atoms with Gasteiger partial charge < -0.3 is 20.7 Å². The largest absolute Gasteiger partial charge is 0.455 e. The van der Waals surface area contributed by atoms with Crippen molar-refractivity contribution in [3.8, 4) is 11.5 Å². The molecule has 4 aromatic rings. The number of nitrogens with zero attached hydrogens (tertiary/aromatic N) is 3. The highest BCUT2D eigenvalue weighted by Gasteiger charge is 2.25. The summed E-state index contributed by atoms with van der Waals surface area (Å²) in [7, 11) is 1.99. The van der Waals surface area contributed by atoms with E-state index in [1.165, 1.54) is 28.7 Å². The first-order chi connectivity index (χ1) is 17.6. The molecule has 0 fully saturated rings. The van der Waals surface area contributed by atoms with Crippen LogP contribution in [0.2, 0.25) is 0 Å². The van der Waals surface area contributed by atoms with Gasteiger partial charge in [0.05, 0.1) is 11.6 Å². The van der Waals surface area contributed by atoms with Gasteiger partial charge in [-0.3, -0.25) is 4.98 Å². The van der Waals surface area contributed by atoms with Gasteiger partial charge in [-0.05, 0) is 100 Å². The van der Waals surface area contributed by atoms with Gasteiger partial charge in [-0.25, -0.2) is 9.97 Å². The molecule has 0 saturated heterocycles. The van der Waals surface area contributed by atoms with E-state index in [1.807, 2.05) is 49.6 Å². The second kappa shape index (κ2) is 11.3. The van der Waals surface area contributed by atoms with Crippen LogP contribution in [0.15, 0.2) is 42.9 Å². The highest BCUT2D eigenvalue weighted by molar-refractivity contribution is 7.19. The summed E-state index contributed by atoms with van der Waals surface area (Å²) in [6, 6.07) is 10.0. The van der Waals surface area contributed by atoms with Gasteiger partial charge in [0.2, 0.25) is 0 Å². The standard InChI is InChI=1S/C28H34N6OS/c1-18-14-21(6-9-24(18)35-22-7-4-19(2)31-16-22)34-27-26-23-8-5-20(10-11-30-13-12-29-3)15-25(23)36-28(26)33-17-32-27/h4,6-7,9,14,16-17,20,29-30H,5,8,10-13,15H2,1-3H3,(H,32,33,34). The molecular weight excluding hydrogens is 468 g/mol. The van der Waals surface area contributed by atoms with Crippen LogP contribution in [-0.2, 0) is 12.8 Å². The fraction of sp³-hybridized carbons (Fsp3) is 0.393. The number of ether oxygens (including phenoxy) is 1. The molecule has 3 aromatic heterocycles. The van der Waals surface area contributed by atoms with Crippen LogP contribution >= 0.6 is 11.3 Å². The van der Waals surface area contributed by atoms with Gasteiger partial charge in [-0.15, -0.1) is 11.3 Å². The van der Waals surface area contributed by atoms with E-state index in [0.717, 1.165) is 77.5 Å². The number of hydrogen-bond donors (Lipinski definition) is 3. The summed E-state index contributed by atoms with van der Waals surface area (Å²) in [5.74, 6) is 3.17. The van der Waals surface area contributed by atoms with E-state index < -0.39 is 0 Å². The summed E-state index contributed by atoms with van der Waals surface area (Å²) in [5, 5.41) is 11.5. The number of fused-ring (bicyclic) bond motifs is 3. The monoisotopic (exact) mass is 502 g/mol. The zero-order chi connectivity index (χ0) is 24.9. The first-order valence-corrected chi connectivity index (χ1v) is 13.5. The normalized spacial score (nSPS) is 15.1. The van der Waals surface area contributed by atoms with E-state index in [-0.39, 0.29) is 0 Å². The van der Waals surface area contributed by atoms with Crippen molar-refractivity contribution in [3.63, 3.8) is 0 Å². The summed E-state index contributed by atoms with van der Waals surface area (Å²) in [6.07, 6.45) is 8.10. The zero-order valence-electron chi connectivity index (χ0n) is 21.2. The minimum absolute atomic E-state index is 0.732. The van der Waals surface area contributed by atoms with Crippen molar-refractivity contribution >= 4 is 33.1 Å². The average molecular weight is 503 g/mol. The van der Waals surface area contributed by atoms with Crippen molar-refractivity contribution in [3.05, 3.63) is 64.6 Å². The minimum atomic E-state index is 0.732. The fourth-order valence-corrected chi connectivity index (χ4v) is 6.09.